The predicted molar refractivity (Wildman–Crippen MR) is 52.8 cm³/mol. The average Bonchev–Trinajstić information content (AvgIpc) is 2.16. The van der Waals surface area contributed by atoms with Crippen LogP contribution in [0.15, 0.2) is 0 Å². The van der Waals surface area contributed by atoms with Crippen molar-refractivity contribution in [2.75, 3.05) is 26.3 Å². The van der Waals surface area contributed by atoms with Crippen LogP contribution in [0, 0.1) is 0 Å². The van der Waals surface area contributed by atoms with Crippen molar-refractivity contribution in [3.63, 3.8) is 0 Å². The molecule has 0 amide bonds. The van der Waals surface area contributed by atoms with Gasteiger partial charge in [0.1, 0.15) is 0 Å². The Labute approximate surface area is 89.1 Å². The maximum atomic E-state index is 10.5. The highest BCUT2D eigenvalue weighted by atomic mass is 31.2. The number of hydrogen-bond acceptors (Lipinski definition) is 3. The second-order valence-corrected chi connectivity index (χ2v) is 4.92. The third-order valence-corrected chi connectivity index (χ3v) is 3.05. The molecule has 1 unspecified atom stereocenters. The highest BCUT2D eigenvalue weighted by Gasteiger charge is 2.25. The lowest BCUT2D eigenvalue weighted by Gasteiger charge is -2.34. The van der Waals surface area contributed by atoms with Gasteiger partial charge in [0.15, 0.2) is 0 Å². The molecule has 0 bridgehead atoms. The van der Waals surface area contributed by atoms with Crippen molar-refractivity contribution in [3.8, 4) is 0 Å². The van der Waals surface area contributed by atoms with E-state index in [1.54, 1.807) is 0 Å². The number of likely N-dealkylation sites (tertiary alicyclic amines) is 1. The fraction of sp³-hybridized carbons (Fsp3) is 1.00. The van der Waals surface area contributed by atoms with Gasteiger partial charge < -0.3 is 9.79 Å². The minimum absolute atomic E-state index is 0.00424. The molecular weight excluding hydrogens is 221 g/mol. The van der Waals surface area contributed by atoms with Crippen LogP contribution in [-0.2, 0) is 14.2 Å². The summed E-state index contributed by atoms with van der Waals surface area (Å²) >= 11 is 0. The molecule has 1 fully saturated rings. The zero-order valence-electron chi connectivity index (χ0n) is 8.54. The smallest absolute Gasteiger partial charge is 0.303 e. The van der Waals surface area contributed by atoms with Crippen LogP contribution in [0.3, 0.4) is 0 Å². The van der Waals surface area contributed by atoms with Crippen molar-refractivity contribution < 1.29 is 24.0 Å². The van der Waals surface area contributed by atoms with E-state index in [9.17, 15) is 9.67 Å². The molecule has 7 heteroatoms. The molecule has 0 saturated carbocycles. The molecule has 6 nitrogen and oxygen atoms in total. The minimum atomic E-state index is -4.38. The molecule has 89 valence electrons. The maximum absolute atomic E-state index is 10.5. The topological polar surface area (TPSA) is 89.9 Å². The second-order valence-electron chi connectivity index (χ2n) is 3.68. The molecule has 1 aliphatic heterocycles. The fourth-order valence-electron chi connectivity index (χ4n) is 1.84. The van der Waals surface area contributed by atoms with E-state index in [4.69, 9.17) is 9.79 Å². The summed E-state index contributed by atoms with van der Waals surface area (Å²) in [5.74, 6) is 0. The number of hydrogen-bond donors (Lipinski definition) is 2. The summed E-state index contributed by atoms with van der Waals surface area (Å²) in [6.45, 7) is 1.06. The average molecular weight is 238 g/mol. The van der Waals surface area contributed by atoms with Crippen LogP contribution in [0.25, 0.3) is 0 Å². The Hall–Kier alpha value is 0.0300. The molecular formula is C8H17NO5P. The van der Waals surface area contributed by atoms with Crippen molar-refractivity contribution in [3.05, 3.63) is 0 Å². The summed E-state index contributed by atoms with van der Waals surface area (Å²) in [6.07, 6.45) is 2.89. The van der Waals surface area contributed by atoms with E-state index in [1.165, 1.54) is 0 Å². The van der Waals surface area contributed by atoms with Crippen molar-refractivity contribution in [1.29, 1.82) is 0 Å². The van der Waals surface area contributed by atoms with Gasteiger partial charge in [-0.3, -0.25) is 9.42 Å². The zero-order valence-corrected chi connectivity index (χ0v) is 9.44. The third-order valence-electron chi connectivity index (χ3n) is 2.56. The van der Waals surface area contributed by atoms with E-state index in [1.807, 2.05) is 4.90 Å². The molecule has 1 rings (SSSR count). The van der Waals surface area contributed by atoms with Crippen molar-refractivity contribution in [2.45, 2.75) is 25.3 Å². The molecule has 2 N–H and O–H groups in total. The lowest BCUT2D eigenvalue weighted by atomic mass is 10.0. The lowest BCUT2D eigenvalue weighted by Crippen LogP contribution is -2.43. The molecule has 1 saturated heterocycles. The molecule has 1 radical (unpaired) electrons. The first kappa shape index (κ1) is 13.1. The highest BCUT2D eigenvalue weighted by Crippen LogP contribution is 2.36. The fourth-order valence-corrected chi connectivity index (χ4v) is 2.21. The van der Waals surface area contributed by atoms with Gasteiger partial charge in [0, 0.05) is 12.6 Å². The van der Waals surface area contributed by atoms with Crippen molar-refractivity contribution in [1.82, 2.24) is 4.90 Å². The first-order chi connectivity index (χ1) is 7.03. The Balaban J connectivity index is 2.39. The largest absolute Gasteiger partial charge is 0.469 e. The Morgan fingerprint density at radius 1 is 1.40 bits per heavy atom. The quantitative estimate of drug-likeness (QED) is 0.676. The monoisotopic (exact) mass is 238 g/mol. The Kier molecular flexibility index (Phi) is 5.18. The summed E-state index contributed by atoms with van der Waals surface area (Å²) in [4.78, 5) is 19.1. The van der Waals surface area contributed by atoms with E-state index >= 15 is 0 Å². The Morgan fingerprint density at radius 3 is 2.73 bits per heavy atom. The van der Waals surface area contributed by atoms with E-state index < -0.39 is 7.82 Å². The molecule has 1 atom stereocenters. The minimum Gasteiger partial charge on any atom is -0.303 e. The van der Waals surface area contributed by atoms with Crippen molar-refractivity contribution in [2.24, 2.45) is 0 Å². The molecule has 1 heterocycles. The Bertz CT molecular complexity index is 229. The molecule has 0 aromatic carbocycles. The SMILES string of the molecule is [O]CCN1CCCCC1COP(=O)(O)O. The third kappa shape index (κ3) is 5.06. The molecule has 1 aliphatic rings. The first-order valence-electron chi connectivity index (χ1n) is 5.05. The molecule has 15 heavy (non-hydrogen) atoms. The normalized spacial score (nSPS) is 24.3. The number of rotatable bonds is 5. The maximum Gasteiger partial charge on any atom is 0.469 e. The van der Waals surface area contributed by atoms with Crippen LogP contribution < -0.4 is 0 Å². The van der Waals surface area contributed by atoms with Crippen LogP contribution in [0.5, 0.6) is 0 Å². The lowest BCUT2D eigenvalue weighted by molar-refractivity contribution is 0.0563. The van der Waals surface area contributed by atoms with E-state index in [2.05, 4.69) is 4.52 Å². The first-order valence-corrected chi connectivity index (χ1v) is 6.58. The molecule has 0 aromatic heterocycles. The standard InChI is InChI=1S/C8H17NO5P/c10-6-5-9-4-2-1-3-8(9)7-14-15(11,12)13/h8H,1-7H2,(H2,11,12,13). The van der Waals surface area contributed by atoms with Gasteiger partial charge in [0.25, 0.3) is 0 Å². The van der Waals surface area contributed by atoms with Crippen LogP contribution in [0.2, 0.25) is 0 Å². The van der Waals surface area contributed by atoms with Crippen LogP contribution >= 0.6 is 7.82 Å². The van der Waals surface area contributed by atoms with Gasteiger partial charge in [0.05, 0.1) is 13.2 Å². The summed E-state index contributed by atoms with van der Waals surface area (Å²) in [6, 6.07) is -0.0275. The summed E-state index contributed by atoms with van der Waals surface area (Å²) in [5, 5.41) is 10.5. The number of nitrogens with zero attached hydrogens (tertiary/aromatic N) is 1. The van der Waals surface area contributed by atoms with E-state index in [-0.39, 0.29) is 19.3 Å². The second kappa shape index (κ2) is 5.94. The zero-order chi connectivity index (χ0) is 11.3. The molecule has 0 spiro atoms. The van der Waals surface area contributed by atoms with Gasteiger partial charge in [-0.25, -0.2) is 9.67 Å². The van der Waals surface area contributed by atoms with E-state index in [0.29, 0.717) is 6.54 Å². The molecule has 0 aromatic rings. The van der Waals surface area contributed by atoms with Gasteiger partial charge in [-0.05, 0) is 19.4 Å². The summed E-state index contributed by atoms with van der Waals surface area (Å²) in [7, 11) is -4.38. The predicted octanol–water partition coefficient (Wildman–Crippen LogP) is 0.381. The van der Waals surface area contributed by atoms with Gasteiger partial charge in [-0.2, -0.15) is 0 Å². The van der Waals surface area contributed by atoms with Gasteiger partial charge in [-0.1, -0.05) is 6.42 Å². The number of phosphoric acid groups is 1. The van der Waals surface area contributed by atoms with Crippen molar-refractivity contribution >= 4 is 7.82 Å². The van der Waals surface area contributed by atoms with Crippen LogP contribution in [-0.4, -0.2) is 47.0 Å². The van der Waals surface area contributed by atoms with Gasteiger partial charge >= 0.3 is 7.82 Å². The number of piperidine rings is 1. The summed E-state index contributed by atoms with van der Waals surface area (Å²) in [5.41, 5.74) is 0. The highest BCUT2D eigenvalue weighted by molar-refractivity contribution is 7.46. The van der Waals surface area contributed by atoms with Crippen LogP contribution in [0.1, 0.15) is 19.3 Å². The number of phosphoric ester groups is 1. The molecule has 0 aliphatic carbocycles. The summed E-state index contributed by atoms with van der Waals surface area (Å²) < 4.78 is 15.0. The van der Waals surface area contributed by atoms with Gasteiger partial charge in [-0.15, -0.1) is 0 Å². The Morgan fingerprint density at radius 2 is 2.13 bits per heavy atom. The van der Waals surface area contributed by atoms with Crippen LogP contribution in [0.4, 0.5) is 0 Å². The van der Waals surface area contributed by atoms with E-state index in [0.717, 1.165) is 25.8 Å². The van der Waals surface area contributed by atoms with Gasteiger partial charge in [0.2, 0.25) is 0 Å².